The molecule has 3 atom stereocenters. The number of carbonyl (C=O) groups excluding carboxylic acids is 1. The van der Waals surface area contributed by atoms with E-state index in [-0.39, 0.29) is 54.7 Å². The molecule has 0 bridgehead atoms. The van der Waals surface area contributed by atoms with Crippen LogP contribution in [0.1, 0.15) is 71.3 Å². The Morgan fingerprint density at radius 1 is 1.09 bits per heavy atom. The number of halogens is 3. The number of aromatic nitrogens is 3. The maximum absolute atomic E-state index is 17.1. The van der Waals surface area contributed by atoms with Crippen molar-refractivity contribution < 1.29 is 37.3 Å². The third-order valence-corrected chi connectivity index (χ3v) is 10.5. The van der Waals surface area contributed by atoms with Crippen molar-refractivity contribution in [3.05, 3.63) is 53.7 Å². The molecule has 0 aliphatic carbocycles. The summed E-state index contributed by atoms with van der Waals surface area (Å²) in [6.45, 7) is 7.57. The lowest BCUT2D eigenvalue weighted by Crippen LogP contribution is -2.49. The largest absolute Gasteiger partial charge is 0.481 e. The lowest BCUT2D eigenvalue weighted by atomic mass is 9.93. The van der Waals surface area contributed by atoms with Crippen LogP contribution in [0.2, 0.25) is 0 Å². The second-order valence-corrected chi connectivity index (χ2v) is 15.5. The van der Waals surface area contributed by atoms with E-state index in [1.807, 2.05) is 4.90 Å². The number of rotatable bonds is 10. The molecule has 0 spiro atoms. The average molecular weight is 735 g/mol. The number of nitrogens with one attached hydrogen (secondary N) is 1. The SMILES string of the molecule is CC(C)(C)OC(=O)N[C@@H]1CCCN(c2nc(OC[C@@]34CCCN3C[C@H](F)C4)nc3c(F)c(-c4cccc5ccc(F)c(CCCC(=O)O)c45)ncc23)C1. The van der Waals surface area contributed by atoms with E-state index in [1.54, 1.807) is 45.0 Å². The number of anilines is 1. The normalized spacial score (nSPS) is 22.0. The summed E-state index contributed by atoms with van der Waals surface area (Å²) in [7, 11) is 0. The first-order valence-corrected chi connectivity index (χ1v) is 18.4. The molecular weight excluding hydrogens is 689 g/mol. The first kappa shape index (κ1) is 36.6. The lowest BCUT2D eigenvalue weighted by molar-refractivity contribution is -0.137. The topological polar surface area (TPSA) is 130 Å². The summed E-state index contributed by atoms with van der Waals surface area (Å²) in [6, 6.07) is 7.79. The molecule has 0 unspecified atom stereocenters. The van der Waals surface area contributed by atoms with Gasteiger partial charge in [-0.1, -0.05) is 24.3 Å². The minimum Gasteiger partial charge on any atom is -0.481 e. The highest BCUT2D eigenvalue weighted by atomic mass is 19.1. The van der Waals surface area contributed by atoms with E-state index >= 15 is 8.78 Å². The number of amides is 1. The zero-order valence-corrected chi connectivity index (χ0v) is 30.3. The number of alkyl carbamates (subject to hydrolysis) is 1. The Hall–Kier alpha value is -4.72. The van der Waals surface area contributed by atoms with Crippen LogP contribution in [0.3, 0.4) is 0 Å². The van der Waals surface area contributed by atoms with E-state index < -0.39 is 41.0 Å². The standard InChI is InChI=1S/C39H45F3N6O5/c1-38(2,3)53-37(51)44-25-9-6-16-47(21-25)35-28-19-43-33(27-11-4-8-23-13-14-29(41)26(31(23)27)10-5-12-30(49)50)32(42)34(28)45-36(46-35)52-22-39-15-7-17-48(39)20-24(40)18-39/h4,8,11,13-14,19,24-25H,5-7,9-10,12,15-18,20-22H2,1-3H3,(H,44,51)(H,49,50)/t24-,25-,39+/m1/s1. The van der Waals surface area contributed by atoms with Crippen molar-refractivity contribution in [1.29, 1.82) is 0 Å². The van der Waals surface area contributed by atoms with Crippen molar-refractivity contribution >= 4 is 39.6 Å². The summed E-state index contributed by atoms with van der Waals surface area (Å²) in [5.74, 6) is -1.87. The van der Waals surface area contributed by atoms with Gasteiger partial charge in [0.25, 0.3) is 0 Å². The molecule has 2 N–H and O–H groups in total. The van der Waals surface area contributed by atoms with Crippen LogP contribution >= 0.6 is 0 Å². The Bertz CT molecular complexity index is 2040. The number of fused-ring (bicyclic) bond motifs is 3. The predicted octanol–water partition coefficient (Wildman–Crippen LogP) is 6.98. The molecule has 14 heteroatoms. The fraction of sp³-hybridized carbons (Fsp3) is 0.513. The number of aliphatic carboxylic acids is 1. The molecule has 11 nitrogen and oxygen atoms in total. The lowest BCUT2D eigenvalue weighted by Gasteiger charge is -2.35. The van der Waals surface area contributed by atoms with Crippen LogP contribution in [0.15, 0.2) is 36.5 Å². The number of alkyl halides is 1. The van der Waals surface area contributed by atoms with Gasteiger partial charge < -0.3 is 24.8 Å². The molecule has 0 radical (unpaired) electrons. The van der Waals surface area contributed by atoms with Crippen molar-refractivity contribution in [3.63, 3.8) is 0 Å². The van der Waals surface area contributed by atoms with Gasteiger partial charge in [-0.15, -0.1) is 0 Å². The van der Waals surface area contributed by atoms with Gasteiger partial charge in [0.15, 0.2) is 5.82 Å². The molecule has 4 aromatic rings. The average Bonchev–Trinajstić information content (AvgIpc) is 3.63. The van der Waals surface area contributed by atoms with Gasteiger partial charge in [-0.3, -0.25) is 14.7 Å². The zero-order chi connectivity index (χ0) is 37.5. The van der Waals surface area contributed by atoms with Crippen molar-refractivity contribution in [3.8, 4) is 17.3 Å². The number of carboxylic acids is 1. The number of carboxylic acid groups (broad SMARTS) is 1. The quantitative estimate of drug-likeness (QED) is 0.176. The van der Waals surface area contributed by atoms with E-state index in [4.69, 9.17) is 14.5 Å². The van der Waals surface area contributed by atoms with Gasteiger partial charge >= 0.3 is 18.1 Å². The number of benzene rings is 2. The number of ether oxygens (including phenoxy) is 2. The summed E-state index contributed by atoms with van der Waals surface area (Å²) in [4.78, 5) is 41.9. The van der Waals surface area contributed by atoms with Crippen LogP contribution in [-0.4, -0.2) is 93.2 Å². The van der Waals surface area contributed by atoms with E-state index in [0.717, 1.165) is 19.4 Å². The molecule has 3 aliphatic heterocycles. The number of aryl methyl sites for hydroxylation is 1. The number of carbonyl (C=O) groups is 2. The van der Waals surface area contributed by atoms with Gasteiger partial charge in [0.05, 0.1) is 10.9 Å². The summed E-state index contributed by atoms with van der Waals surface area (Å²) in [5.41, 5.74) is -0.629. The molecule has 2 aromatic heterocycles. The maximum Gasteiger partial charge on any atom is 0.407 e. The number of hydrogen-bond acceptors (Lipinski definition) is 9. The summed E-state index contributed by atoms with van der Waals surface area (Å²) in [6.07, 6.45) is 3.65. The van der Waals surface area contributed by atoms with Crippen molar-refractivity contribution in [2.45, 2.75) is 95.5 Å². The third kappa shape index (κ3) is 7.69. The second-order valence-electron chi connectivity index (χ2n) is 15.5. The monoisotopic (exact) mass is 734 g/mol. The van der Waals surface area contributed by atoms with Gasteiger partial charge in [0, 0.05) is 50.3 Å². The van der Waals surface area contributed by atoms with Gasteiger partial charge in [0.2, 0.25) is 0 Å². The van der Waals surface area contributed by atoms with Gasteiger partial charge in [0.1, 0.15) is 41.2 Å². The van der Waals surface area contributed by atoms with Crippen molar-refractivity contribution in [1.82, 2.24) is 25.2 Å². The Morgan fingerprint density at radius 2 is 1.92 bits per heavy atom. The Balaban J connectivity index is 1.30. The van der Waals surface area contributed by atoms with Gasteiger partial charge in [-0.05, 0) is 88.2 Å². The van der Waals surface area contributed by atoms with Crippen molar-refractivity contribution in [2.75, 3.05) is 37.7 Å². The molecule has 5 heterocycles. The number of hydrogen-bond donors (Lipinski definition) is 2. The Labute approximate surface area is 305 Å². The smallest absolute Gasteiger partial charge is 0.407 e. The molecule has 0 saturated carbocycles. The minimum atomic E-state index is -0.986. The molecule has 2 aromatic carbocycles. The molecule has 7 rings (SSSR count). The number of piperidine rings is 1. The minimum absolute atomic E-state index is 0.0476. The molecule has 3 aliphatic rings. The highest BCUT2D eigenvalue weighted by Gasteiger charge is 2.49. The summed E-state index contributed by atoms with van der Waals surface area (Å²) >= 11 is 0. The third-order valence-electron chi connectivity index (χ3n) is 10.5. The molecule has 1 amide bonds. The Kier molecular flexibility index (Phi) is 10.1. The summed E-state index contributed by atoms with van der Waals surface area (Å²) in [5, 5.41) is 13.6. The molecule has 282 valence electrons. The highest BCUT2D eigenvalue weighted by molar-refractivity contribution is 6.01. The van der Waals surface area contributed by atoms with Crippen LogP contribution in [0, 0.1) is 11.6 Å². The first-order valence-electron chi connectivity index (χ1n) is 18.4. The van der Waals surface area contributed by atoms with E-state index in [9.17, 15) is 19.1 Å². The number of nitrogens with zero attached hydrogens (tertiary/aromatic N) is 5. The first-order chi connectivity index (χ1) is 25.3. The predicted molar refractivity (Wildman–Crippen MR) is 194 cm³/mol. The maximum atomic E-state index is 17.1. The van der Waals surface area contributed by atoms with Crippen LogP contribution in [0.25, 0.3) is 32.9 Å². The van der Waals surface area contributed by atoms with Crippen molar-refractivity contribution in [2.24, 2.45) is 0 Å². The van der Waals surface area contributed by atoms with E-state index in [0.29, 0.717) is 66.4 Å². The number of pyridine rings is 1. The van der Waals surface area contributed by atoms with E-state index in [1.165, 1.54) is 12.3 Å². The van der Waals surface area contributed by atoms with Gasteiger partial charge in [-0.2, -0.15) is 9.97 Å². The molecule has 53 heavy (non-hydrogen) atoms. The molecule has 3 fully saturated rings. The van der Waals surface area contributed by atoms with Gasteiger partial charge in [-0.25, -0.2) is 18.0 Å². The fourth-order valence-electron chi connectivity index (χ4n) is 8.21. The molecule has 3 saturated heterocycles. The van der Waals surface area contributed by atoms with E-state index in [2.05, 4.69) is 20.2 Å². The van der Waals surface area contributed by atoms with Crippen LogP contribution in [-0.2, 0) is 16.0 Å². The van der Waals surface area contributed by atoms with Crippen LogP contribution in [0.4, 0.5) is 23.8 Å². The zero-order valence-electron chi connectivity index (χ0n) is 30.3. The second kappa shape index (κ2) is 14.6. The fourth-order valence-corrected chi connectivity index (χ4v) is 8.21. The van der Waals surface area contributed by atoms with Crippen LogP contribution < -0.4 is 15.0 Å². The molecular formula is C39H45F3N6O5. The van der Waals surface area contributed by atoms with Crippen LogP contribution in [0.5, 0.6) is 6.01 Å². The summed E-state index contributed by atoms with van der Waals surface area (Å²) < 4.78 is 58.8. The Morgan fingerprint density at radius 3 is 2.72 bits per heavy atom. The highest BCUT2D eigenvalue weighted by Crippen LogP contribution is 2.41.